The van der Waals surface area contributed by atoms with E-state index in [4.69, 9.17) is 11.6 Å². The van der Waals surface area contributed by atoms with Gasteiger partial charge in [-0.05, 0) is 48.5 Å². The van der Waals surface area contributed by atoms with E-state index < -0.39 is 9.84 Å². The summed E-state index contributed by atoms with van der Waals surface area (Å²) < 4.78 is 25.4. The van der Waals surface area contributed by atoms with Crippen LogP contribution in [0.5, 0.6) is 0 Å². The van der Waals surface area contributed by atoms with Crippen molar-refractivity contribution in [2.45, 2.75) is 9.92 Å². The Kier molecular flexibility index (Phi) is 5.74. The molecule has 154 valence electrons. The van der Waals surface area contributed by atoms with Crippen LogP contribution in [0.2, 0.25) is 5.02 Å². The van der Waals surface area contributed by atoms with Gasteiger partial charge in [0.25, 0.3) is 5.91 Å². The standard InChI is InChI=1S/C22H20ClN3O3S/c23-18-7-9-20(10-8-18)30(28,29)21-11-6-17(16-24-21)22(27)26-14-12-25(13-15-26)19-4-2-1-3-5-19/h1-11,16H,12-15H2. The normalized spacial score (nSPS) is 14.6. The van der Waals surface area contributed by atoms with E-state index in [2.05, 4.69) is 22.0 Å². The fourth-order valence-electron chi connectivity index (χ4n) is 3.39. The summed E-state index contributed by atoms with van der Waals surface area (Å²) in [6.07, 6.45) is 1.33. The fourth-order valence-corrected chi connectivity index (χ4v) is 4.69. The van der Waals surface area contributed by atoms with Crippen LogP contribution in [-0.4, -0.2) is 50.4 Å². The van der Waals surface area contributed by atoms with Gasteiger partial charge >= 0.3 is 0 Å². The molecule has 0 atom stereocenters. The number of nitrogens with zero attached hydrogens (tertiary/aromatic N) is 3. The summed E-state index contributed by atoms with van der Waals surface area (Å²) in [7, 11) is -3.76. The van der Waals surface area contributed by atoms with E-state index >= 15 is 0 Å². The average Bonchev–Trinajstić information content (AvgIpc) is 2.80. The molecule has 0 aliphatic carbocycles. The summed E-state index contributed by atoms with van der Waals surface area (Å²) in [5.41, 5.74) is 1.52. The van der Waals surface area contributed by atoms with Crippen molar-refractivity contribution in [2.75, 3.05) is 31.1 Å². The van der Waals surface area contributed by atoms with E-state index in [-0.39, 0.29) is 15.8 Å². The van der Waals surface area contributed by atoms with Crippen molar-refractivity contribution in [1.29, 1.82) is 0 Å². The molecule has 2 aromatic carbocycles. The number of carbonyl (C=O) groups excluding carboxylic acids is 1. The molecule has 0 bridgehead atoms. The Bertz CT molecular complexity index is 1130. The van der Waals surface area contributed by atoms with Crippen LogP contribution in [0, 0.1) is 0 Å². The quantitative estimate of drug-likeness (QED) is 0.619. The van der Waals surface area contributed by atoms with Crippen LogP contribution < -0.4 is 4.90 Å². The Morgan fingerprint density at radius 3 is 2.13 bits per heavy atom. The monoisotopic (exact) mass is 441 g/mol. The first-order valence-electron chi connectivity index (χ1n) is 9.51. The van der Waals surface area contributed by atoms with Gasteiger partial charge < -0.3 is 9.80 Å². The Labute approximate surface area is 180 Å². The lowest BCUT2D eigenvalue weighted by Gasteiger charge is -2.36. The molecule has 1 amide bonds. The SMILES string of the molecule is O=C(c1ccc(S(=O)(=O)c2ccc(Cl)cc2)nc1)N1CCN(c2ccccc2)CC1. The van der Waals surface area contributed by atoms with Gasteiger partial charge in [0.15, 0.2) is 5.03 Å². The highest BCUT2D eigenvalue weighted by Crippen LogP contribution is 2.22. The molecule has 0 saturated carbocycles. The first-order valence-corrected chi connectivity index (χ1v) is 11.4. The lowest BCUT2D eigenvalue weighted by Crippen LogP contribution is -2.48. The van der Waals surface area contributed by atoms with Crippen LogP contribution >= 0.6 is 11.6 Å². The molecular weight excluding hydrogens is 422 g/mol. The maximum absolute atomic E-state index is 12.8. The van der Waals surface area contributed by atoms with E-state index in [9.17, 15) is 13.2 Å². The molecule has 1 aliphatic heterocycles. The van der Waals surface area contributed by atoms with E-state index in [1.807, 2.05) is 18.2 Å². The maximum Gasteiger partial charge on any atom is 0.255 e. The van der Waals surface area contributed by atoms with E-state index in [1.165, 1.54) is 42.6 Å². The Morgan fingerprint density at radius 1 is 0.867 bits per heavy atom. The molecule has 0 radical (unpaired) electrons. The minimum atomic E-state index is -3.76. The molecule has 3 aromatic rings. The van der Waals surface area contributed by atoms with Gasteiger partial charge in [-0.3, -0.25) is 4.79 Å². The number of sulfone groups is 1. The second kappa shape index (κ2) is 8.45. The topological polar surface area (TPSA) is 70.6 Å². The molecule has 30 heavy (non-hydrogen) atoms. The largest absolute Gasteiger partial charge is 0.368 e. The number of amides is 1. The predicted molar refractivity (Wildman–Crippen MR) is 116 cm³/mol. The van der Waals surface area contributed by atoms with Crippen LogP contribution in [0.1, 0.15) is 10.4 Å². The van der Waals surface area contributed by atoms with Gasteiger partial charge in [-0.15, -0.1) is 0 Å². The molecule has 2 heterocycles. The van der Waals surface area contributed by atoms with Crippen LogP contribution in [0.3, 0.4) is 0 Å². The minimum absolute atomic E-state index is 0.102. The van der Waals surface area contributed by atoms with E-state index in [0.717, 1.165) is 18.8 Å². The van der Waals surface area contributed by atoms with E-state index in [0.29, 0.717) is 23.7 Å². The van der Waals surface area contributed by atoms with Crippen molar-refractivity contribution in [3.63, 3.8) is 0 Å². The number of aromatic nitrogens is 1. The first kappa shape index (κ1) is 20.4. The molecule has 0 spiro atoms. The van der Waals surface area contributed by atoms with Gasteiger partial charge in [-0.2, -0.15) is 0 Å². The lowest BCUT2D eigenvalue weighted by atomic mass is 10.2. The number of para-hydroxylation sites is 1. The lowest BCUT2D eigenvalue weighted by molar-refractivity contribution is 0.0746. The number of halogens is 1. The third-order valence-corrected chi connectivity index (χ3v) is 7.01. The number of anilines is 1. The zero-order chi connectivity index (χ0) is 21.1. The summed E-state index contributed by atoms with van der Waals surface area (Å²) >= 11 is 5.83. The van der Waals surface area contributed by atoms with Crippen molar-refractivity contribution in [2.24, 2.45) is 0 Å². The maximum atomic E-state index is 12.8. The molecular formula is C22H20ClN3O3S. The number of rotatable bonds is 4. The predicted octanol–water partition coefficient (Wildman–Crippen LogP) is 3.53. The Balaban J connectivity index is 1.44. The summed E-state index contributed by atoms with van der Waals surface area (Å²) in [5, 5.41) is 0.352. The smallest absolute Gasteiger partial charge is 0.255 e. The van der Waals surface area contributed by atoms with Crippen LogP contribution in [0.15, 0.2) is 82.8 Å². The number of hydrogen-bond acceptors (Lipinski definition) is 5. The third-order valence-electron chi connectivity index (χ3n) is 5.07. The first-order chi connectivity index (χ1) is 14.4. The molecule has 0 unspecified atom stereocenters. The molecule has 1 aliphatic rings. The molecule has 0 N–H and O–H groups in total. The van der Waals surface area contributed by atoms with E-state index in [1.54, 1.807) is 4.90 Å². The van der Waals surface area contributed by atoms with Gasteiger partial charge in [0.05, 0.1) is 10.5 Å². The number of benzene rings is 2. The number of hydrogen-bond donors (Lipinski definition) is 0. The number of carbonyl (C=O) groups is 1. The second-order valence-electron chi connectivity index (χ2n) is 6.96. The number of pyridine rings is 1. The second-order valence-corrected chi connectivity index (χ2v) is 9.29. The molecule has 1 saturated heterocycles. The highest BCUT2D eigenvalue weighted by atomic mass is 35.5. The van der Waals surface area contributed by atoms with Crippen molar-refractivity contribution >= 4 is 33.0 Å². The Hall–Kier alpha value is -2.90. The van der Waals surface area contributed by atoms with Crippen molar-refractivity contribution in [3.8, 4) is 0 Å². The Morgan fingerprint density at radius 2 is 1.53 bits per heavy atom. The third kappa shape index (κ3) is 4.17. The van der Waals surface area contributed by atoms with Gasteiger partial charge in [-0.1, -0.05) is 29.8 Å². The van der Waals surface area contributed by atoms with Crippen LogP contribution in [0.4, 0.5) is 5.69 Å². The number of piperazine rings is 1. The zero-order valence-electron chi connectivity index (χ0n) is 16.1. The summed E-state index contributed by atoms with van der Waals surface area (Å²) in [5.74, 6) is -0.148. The van der Waals surface area contributed by atoms with Crippen molar-refractivity contribution < 1.29 is 13.2 Å². The van der Waals surface area contributed by atoms with Gasteiger partial charge in [0.1, 0.15) is 0 Å². The summed E-state index contributed by atoms with van der Waals surface area (Å²) in [6.45, 7) is 2.68. The fraction of sp³-hybridized carbons (Fsp3) is 0.182. The van der Waals surface area contributed by atoms with Gasteiger partial charge in [-0.25, -0.2) is 13.4 Å². The average molecular weight is 442 g/mol. The summed E-state index contributed by atoms with van der Waals surface area (Å²) in [4.78, 5) is 21.0. The van der Waals surface area contributed by atoms with Crippen molar-refractivity contribution in [3.05, 3.63) is 83.5 Å². The molecule has 1 aromatic heterocycles. The molecule has 8 heteroatoms. The zero-order valence-corrected chi connectivity index (χ0v) is 17.7. The van der Waals surface area contributed by atoms with Gasteiger partial charge in [0.2, 0.25) is 9.84 Å². The summed E-state index contributed by atoms with van der Waals surface area (Å²) in [6, 6.07) is 18.9. The molecule has 4 rings (SSSR count). The molecule has 1 fully saturated rings. The van der Waals surface area contributed by atoms with Crippen LogP contribution in [0.25, 0.3) is 0 Å². The van der Waals surface area contributed by atoms with Crippen molar-refractivity contribution in [1.82, 2.24) is 9.88 Å². The van der Waals surface area contributed by atoms with Crippen LogP contribution in [-0.2, 0) is 9.84 Å². The van der Waals surface area contributed by atoms with Gasteiger partial charge in [0, 0.05) is 43.1 Å². The highest BCUT2D eigenvalue weighted by molar-refractivity contribution is 7.91. The minimum Gasteiger partial charge on any atom is -0.368 e. The highest BCUT2D eigenvalue weighted by Gasteiger charge is 2.24. The molecule has 6 nitrogen and oxygen atoms in total.